The Balaban J connectivity index is 2.17. The summed E-state index contributed by atoms with van der Waals surface area (Å²) in [4.78, 5) is 13.0. The van der Waals surface area contributed by atoms with E-state index in [1.807, 2.05) is 32.0 Å². The molecule has 4 heteroatoms. The summed E-state index contributed by atoms with van der Waals surface area (Å²) in [5, 5.41) is 1.10. The highest BCUT2D eigenvalue weighted by Gasteiger charge is 2.04. The molecule has 2 heterocycles. The first-order chi connectivity index (χ1) is 9.11. The van der Waals surface area contributed by atoms with E-state index in [0.717, 1.165) is 27.9 Å². The van der Waals surface area contributed by atoms with Crippen LogP contribution in [0.1, 0.15) is 11.5 Å². The van der Waals surface area contributed by atoms with Gasteiger partial charge in [0.1, 0.15) is 11.6 Å². The lowest BCUT2D eigenvalue weighted by Crippen LogP contribution is -1.97. The van der Waals surface area contributed by atoms with Crippen LogP contribution in [0.15, 0.2) is 36.4 Å². The fourth-order valence-electron chi connectivity index (χ4n) is 2.13. The molecule has 4 nitrogen and oxygen atoms in total. The number of hydrogen-bond acceptors (Lipinski definition) is 4. The molecule has 0 aliphatic carbocycles. The monoisotopic (exact) mass is 250 g/mol. The second-order valence-corrected chi connectivity index (χ2v) is 4.59. The third kappa shape index (κ3) is 2.25. The van der Waals surface area contributed by atoms with Gasteiger partial charge < -0.3 is 5.73 Å². The molecule has 0 saturated heterocycles. The summed E-state index contributed by atoms with van der Waals surface area (Å²) in [5.74, 6) is 1.17. The SMILES string of the molecule is Cc1ccc2cc(-c3cc(N)nc(C)n3)ccc2n1. The Hall–Kier alpha value is -2.49. The van der Waals surface area contributed by atoms with E-state index in [9.17, 15) is 0 Å². The molecule has 0 bridgehead atoms. The highest BCUT2D eigenvalue weighted by molar-refractivity contribution is 5.84. The van der Waals surface area contributed by atoms with E-state index in [1.54, 1.807) is 6.07 Å². The maximum atomic E-state index is 5.77. The van der Waals surface area contributed by atoms with Gasteiger partial charge in [-0.05, 0) is 32.0 Å². The van der Waals surface area contributed by atoms with Crippen molar-refractivity contribution in [3.8, 4) is 11.3 Å². The van der Waals surface area contributed by atoms with Gasteiger partial charge in [0.2, 0.25) is 0 Å². The minimum atomic E-state index is 0.490. The Morgan fingerprint density at radius 1 is 0.895 bits per heavy atom. The Morgan fingerprint density at radius 2 is 1.74 bits per heavy atom. The molecule has 0 radical (unpaired) electrons. The number of nitrogen functional groups attached to an aromatic ring is 1. The smallest absolute Gasteiger partial charge is 0.128 e. The first kappa shape index (κ1) is 11.6. The lowest BCUT2D eigenvalue weighted by Gasteiger charge is -2.05. The van der Waals surface area contributed by atoms with Gasteiger partial charge in [0.05, 0.1) is 11.2 Å². The number of benzene rings is 1. The summed E-state index contributed by atoms with van der Waals surface area (Å²) >= 11 is 0. The largest absolute Gasteiger partial charge is 0.384 e. The molecule has 0 atom stereocenters. The Kier molecular flexibility index (Phi) is 2.63. The Bertz CT molecular complexity index is 745. The molecular formula is C15H14N4. The van der Waals surface area contributed by atoms with Gasteiger partial charge in [-0.2, -0.15) is 0 Å². The van der Waals surface area contributed by atoms with Crippen LogP contribution >= 0.6 is 0 Å². The van der Waals surface area contributed by atoms with Gasteiger partial charge >= 0.3 is 0 Å². The first-order valence-corrected chi connectivity index (χ1v) is 6.11. The van der Waals surface area contributed by atoms with Crippen LogP contribution in [0.25, 0.3) is 22.2 Å². The Morgan fingerprint density at radius 3 is 2.53 bits per heavy atom. The molecule has 19 heavy (non-hydrogen) atoms. The van der Waals surface area contributed by atoms with E-state index in [0.29, 0.717) is 11.6 Å². The van der Waals surface area contributed by atoms with Crippen LogP contribution in [0.5, 0.6) is 0 Å². The van der Waals surface area contributed by atoms with Crippen molar-refractivity contribution >= 4 is 16.7 Å². The zero-order valence-electron chi connectivity index (χ0n) is 10.9. The lowest BCUT2D eigenvalue weighted by atomic mass is 10.1. The third-order valence-corrected chi connectivity index (χ3v) is 2.98. The van der Waals surface area contributed by atoms with Crippen LogP contribution in [-0.2, 0) is 0 Å². The van der Waals surface area contributed by atoms with Crippen LogP contribution in [0.3, 0.4) is 0 Å². The van der Waals surface area contributed by atoms with Crippen molar-refractivity contribution in [3.63, 3.8) is 0 Å². The van der Waals surface area contributed by atoms with Gasteiger partial charge in [0, 0.05) is 22.7 Å². The van der Waals surface area contributed by atoms with Gasteiger partial charge in [-0.25, -0.2) is 9.97 Å². The zero-order chi connectivity index (χ0) is 13.4. The minimum Gasteiger partial charge on any atom is -0.384 e. The molecule has 0 aliphatic heterocycles. The summed E-state index contributed by atoms with van der Waals surface area (Å²) in [6, 6.07) is 11.9. The summed E-state index contributed by atoms with van der Waals surface area (Å²) in [6.07, 6.45) is 0. The quantitative estimate of drug-likeness (QED) is 0.721. The van der Waals surface area contributed by atoms with E-state index in [1.165, 1.54) is 0 Å². The van der Waals surface area contributed by atoms with Crippen LogP contribution in [0.4, 0.5) is 5.82 Å². The molecule has 1 aromatic carbocycles. The van der Waals surface area contributed by atoms with E-state index in [4.69, 9.17) is 5.73 Å². The van der Waals surface area contributed by atoms with E-state index >= 15 is 0 Å². The van der Waals surface area contributed by atoms with Crippen molar-refractivity contribution in [3.05, 3.63) is 47.9 Å². The number of pyridine rings is 1. The second-order valence-electron chi connectivity index (χ2n) is 4.59. The van der Waals surface area contributed by atoms with Gasteiger partial charge in [0.15, 0.2) is 0 Å². The number of fused-ring (bicyclic) bond motifs is 1. The van der Waals surface area contributed by atoms with Crippen molar-refractivity contribution in [2.45, 2.75) is 13.8 Å². The summed E-state index contributed by atoms with van der Waals surface area (Å²) in [7, 11) is 0. The molecule has 0 aliphatic rings. The molecule has 94 valence electrons. The van der Waals surface area contributed by atoms with Crippen LogP contribution < -0.4 is 5.73 Å². The summed E-state index contributed by atoms with van der Waals surface area (Å²) in [6.45, 7) is 3.83. The number of hydrogen-bond donors (Lipinski definition) is 1. The van der Waals surface area contributed by atoms with Gasteiger partial charge in [-0.15, -0.1) is 0 Å². The third-order valence-electron chi connectivity index (χ3n) is 2.98. The van der Waals surface area contributed by atoms with Crippen LogP contribution in [0.2, 0.25) is 0 Å². The van der Waals surface area contributed by atoms with Crippen molar-refractivity contribution in [2.75, 3.05) is 5.73 Å². The molecule has 3 rings (SSSR count). The number of rotatable bonds is 1. The molecule has 0 unspecified atom stereocenters. The lowest BCUT2D eigenvalue weighted by molar-refractivity contribution is 1.07. The maximum absolute atomic E-state index is 5.77. The molecule has 0 spiro atoms. The van der Waals surface area contributed by atoms with Crippen LogP contribution in [-0.4, -0.2) is 15.0 Å². The first-order valence-electron chi connectivity index (χ1n) is 6.11. The van der Waals surface area contributed by atoms with Crippen LogP contribution in [0, 0.1) is 13.8 Å². The molecule has 0 saturated carbocycles. The normalized spacial score (nSPS) is 10.8. The molecule has 0 fully saturated rings. The number of aryl methyl sites for hydroxylation is 2. The second kappa shape index (κ2) is 4.31. The van der Waals surface area contributed by atoms with E-state index < -0.39 is 0 Å². The summed E-state index contributed by atoms with van der Waals surface area (Å²) in [5.41, 5.74) is 9.63. The maximum Gasteiger partial charge on any atom is 0.128 e. The molecule has 2 N–H and O–H groups in total. The topological polar surface area (TPSA) is 64.7 Å². The zero-order valence-corrected chi connectivity index (χ0v) is 10.9. The van der Waals surface area contributed by atoms with Gasteiger partial charge in [-0.1, -0.05) is 12.1 Å². The molecule has 2 aromatic heterocycles. The number of aromatic nitrogens is 3. The predicted octanol–water partition coefficient (Wildman–Crippen LogP) is 2.89. The molecular weight excluding hydrogens is 236 g/mol. The summed E-state index contributed by atoms with van der Waals surface area (Å²) < 4.78 is 0. The highest BCUT2D eigenvalue weighted by atomic mass is 14.9. The highest BCUT2D eigenvalue weighted by Crippen LogP contribution is 2.23. The predicted molar refractivity (Wildman–Crippen MR) is 76.7 cm³/mol. The fourth-order valence-corrected chi connectivity index (χ4v) is 2.13. The van der Waals surface area contributed by atoms with Crippen molar-refractivity contribution in [1.82, 2.24) is 15.0 Å². The Labute approximate surface area is 111 Å². The van der Waals surface area contributed by atoms with Crippen molar-refractivity contribution in [2.24, 2.45) is 0 Å². The average Bonchev–Trinajstić information content (AvgIpc) is 2.37. The standard InChI is InChI=1S/C15H14N4/c1-9-3-4-11-7-12(5-6-13(11)17-9)14-8-15(16)19-10(2)18-14/h3-8H,1-2H3,(H2,16,18,19). The molecule has 3 aromatic rings. The van der Waals surface area contributed by atoms with Gasteiger partial charge in [0.25, 0.3) is 0 Å². The number of nitrogens with zero attached hydrogens (tertiary/aromatic N) is 3. The average molecular weight is 250 g/mol. The number of nitrogens with two attached hydrogens (primary N) is 1. The minimum absolute atomic E-state index is 0.490. The number of anilines is 1. The molecule has 0 amide bonds. The van der Waals surface area contributed by atoms with E-state index in [2.05, 4.69) is 27.1 Å². The van der Waals surface area contributed by atoms with E-state index in [-0.39, 0.29) is 0 Å². The van der Waals surface area contributed by atoms with Gasteiger partial charge in [-0.3, -0.25) is 4.98 Å². The van der Waals surface area contributed by atoms with Crippen molar-refractivity contribution in [1.29, 1.82) is 0 Å². The fraction of sp³-hybridized carbons (Fsp3) is 0.133. The van der Waals surface area contributed by atoms with Crippen molar-refractivity contribution < 1.29 is 0 Å².